The fourth-order valence-electron chi connectivity index (χ4n) is 5.16. The molecule has 0 heterocycles. The minimum Gasteiger partial charge on any atom is -0.463 e. The van der Waals surface area contributed by atoms with E-state index in [9.17, 15) is 19.8 Å². The Balaban J connectivity index is 3.57. The Labute approximate surface area is 289 Å². The van der Waals surface area contributed by atoms with Gasteiger partial charge in [-0.25, -0.2) is 0 Å². The molecule has 0 amide bonds. The third-order valence-corrected chi connectivity index (χ3v) is 8.14. The summed E-state index contributed by atoms with van der Waals surface area (Å²) >= 11 is 0. The Bertz CT molecular complexity index is 815. The predicted molar refractivity (Wildman–Crippen MR) is 197 cm³/mol. The van der Waals surface area contributed by atoms with E-state index in [1.165, 1.54) is 77.0 Å². The summed E-state index contributed by atoms with van der Waals surface area (Å²) in [6.45, 7) is 4.09. The number of esters is 2. The van der Waals surface area contributed by atoms with Crippen molar-refractivity contribution in [2.24, 2.45) is 0 Å². The fraction of sp³-hybridized carbons (Fsp3) is 0.756. The van der Waals surface area contributed by atoms with E-state index in [1.54, 1.807) is 0 Å². The zero-order valence-corrected chi connectivity index (χ0v) is 30.4. The average molecular weight is 661 g/mol. The molecule has 0 aliphatic heterocycles. The van der Waals surface area contributed by atoms with Crippen molar-refractivity contribution in [3.63, 3.8) is 0 Å². The van der Waals surface area contributed by atoms with E-state index in [4.69, 9.17) is 9.47 Å². The van der Waals surface area contributed by atoms with Crippen LogP contribution in [0.25, 0.3) is 0 Å². The molecule has 0 fully saturated rings. The zero-order chi connectivity index (χ0) is 34.5. The third-order valence-electron chi connectivity index (χ3n) is 8.14. The van der Waals surface area contributed by atoms with Crippen molar-refractivity contribution in [1.82, 2.24) is 0 Å². The van der Waals surface area contributed by atoms with Crippen molar-refractivity contribution in [2.45, 2.75) is 187 Å². The standard InChI is InChI=1S/C41H72O6/c1-3-5-7-8-9-10-11-12-13-14-18-21-24-27-30-34-40(44)46-36-39(43)37-47-41(45)35-31-28-25-22-19-16-15-17-20-23-26-29-33-38(42)32-6-4-2/h15-16,20,22-23,25,29,33,38-39,42-43H,3-14,17-19,21,24,26-28,30-32,34-37H2,1-2H3/b16-15-,23-20-,25-22-,33-29-/t38-,39+/m0/s1. The molecule has 47 heavy (non-hydrogen) atoms. The van der Waals surface area contributed by atoms with E-state index in [0.717, 1.165) is 64.2 Å². The number of allylic oxidation sites excluding steroid dienone is 7. The van der Waals surface area contributed by atoms with Gasteiger partial charge in [0.25, 0.3) is 0 Å². The number of carbonyl (C=O) groups is 2. The predicted octanol–water partition coefficient (Wildman–Crippen LogP) is 10.8. The first-order chi connectivity index (χ1) is 23.0. The Morgan fingerprint density at radius 2 is 0.915 bits per heavy atom. The van der Waals surface area contributed by atoms with Gasteiger partial charge >= 0.3 is 11.9 Å². The Hall–Kier alpha value is -2.18. The molecule has 272 valence electrons. The number of aliphatic hydroxyl groups excluding tert-OH is 2. The molecule has 2 N–H and O–H groups in total. The van der Waals surface area contributed by atoms with Crippen molar-refractivity contribution in [3.8, 4) is 0 Å². The maximum atomic E-state index is 11.9. The van der Waals surface area contributed by atoms with Gasteiger partial charge in [0, 0.05) is 12.8 Å². The quantitative estimate of drug-likeness (QED) is 0.0405. The van der Waals surface area contributed by atoms with Gasteiger partial charge in [-0.2, -0.15) is 0 Å². The summed E-state index contributed by atoms with van der Waals surface area (Å²) in [6.07, 6.45) is 42.2. The molecule has 0 unspecified atom stereocenters. The molecule has 0 aromatic rings. The minimum atomic E-state index is -0.995. The number of rotatable bonds is 34. The SMILES string of the molecule is CCCCCCCCCCCCCCCCCC(=O)OC[C@@H](O)COC(=O)CCC/C=C\C/C=C\C/C=C\C/C=C\[C@@H](O)CCCC. The molecule has 0 radical (unpaired) electrons. The van der Waals surface area contributed by atoms with Crippen LogP contribution < -0.4 is 0 Å². The average Bonchev–Trinajstić information content (AvgIpc) is 3.07. The van der Waals surface area contributed by atoms with Crippen molar-refractivity contribution >= 4 is 11.9 Å². The molecule has 0 aliphatic carbocycles. The fourth-order valence-corrected chi connectivity index (χ4v) is 5.16. The smallest absolute Gasteiger partial charge is 0.305 e. The largest absolute Gasteiger partial charge is 0.463 e. The van der Waals surface area contributed by atoms with Crippen LogP contribution in [0.4, 0.5) is 0 Å². The van der Waals surface area contributed by atoms with Crippen molar-refractivity contribution < 1.29 is 29.3 Å². The second-order valence-electron chi connectivity index (χ2n) is 12.9. The number of carbonyl (C=O) groups excluding carboxylic acids is 2. The summed E-state index contributed by atoms with van der Waals surface area (Å²) in [5, 5.41) is 19.8. The third kappa shape index (κ3) is 36.5. The lowest BCUT2D eigenvalue weighted by atomic mass is 10.0. The topological polar surface area (TPSA) is 93.1 Å². The highest BCUT2D eigenvalue weighted by molar-refractivity contribution is 5.69. The van der Waals surface area contributed by atoms with Crippen LogP contribution in [0, 0.1) is 0 Å². The Kier molecular flexibility index (Phi) is 35.0. The molecule has 6 heteroatoms. The van der Waals surface area contributed by atoms with Gasteiger partial charge in [-0.05, 0) is 44.9 Å². The van der Waals surface area contributed by atoms with Crippen LogP contribution in [0.3, 0.4) is 0 Å². The number of ether oxygens (including phenoxy) is 2. The summed E-state index contributed by atoms with van der Waals surface area (Å²) in [6, 6.07) is 0. The van der Waals surface area contributed by atoms with Crippen LogP contribution in [0.1, 0.15) is 174 Å². The molecule has 0 aliphatic rings. The molecule has 0 rings (SSSR count). The number of hydrogen-bond acceptors (Lipinski definition) is 6. The van der Waals surface area contributed by atoms with Crippen LogP contribution in [0.15, 0.2) is 48.6 Å². The summed E-state index contributed by atoms with van der Waals surface area (Å²) < 4.78 is 10.3. The van der Waals surface area contributed by atoms with Gasteiger partial charge in [-0.3, -0.25) is 9.59 Å². The molecular weight excluding hydrogens is 588 g/mol. The van der Waals surface area contributed by atoms with Gasteiger partial charge in [0.15, 0.2) is 0 Å². The highest BCUT2D eigenvalue weighted by Crippen LogP contribution is 2.14. The molecule has 0 spiro atoms. The van der Waals surface area contributed by atoms with Crippen LogP contribution in [-0.2, 0) is 19.1 Å². The van der Waals surface area contributed by atoms with E-state index in [1.807, 2.05) is 12.2 Å². The molecule has 0 saturated carbocycles. The van der Waals surface area contributed by atoms with E-state index < -0.39 is 6.10 Å². The first kappa shape index (κ1) is 44.8. The van der Waals surface area contributed by atoms with E-state index >= 15 is 0 Å². The van der Waals surface area contributed by atoms with Crippen LogP contribution in [0.5, 0.6) is 0 Å². The molecule has 0 saturated heterocycles. The zero-order valence-electron chi connectivity index (χ0n) is 30.4. The second-order valence-corrected chi connectivity index (χ2v) is 12.9. The molecule has 2 atom stereocenters. The van der Waals surface area contributed by atoms with Crippen LogP contribution in [-0.4, -0.2) is 47.6 Å². The normalized spacial score (nSPS) is 13.4. The Morgan fingerprint density at radius 1 is 0.511 bits per heavy atom. The molecule has 0 aromatic heterocycles. The summed E-state index contributed by atoms with van der Waals surface area (Å²) in [7, 11) is 0. The monoisotopic (exact) mass is 661 g/mol. The maximum absolute atomic E-state index is 11.9. The lowest BCUT2D eigenvalue weighted by Gasteiger charge is -2.12. The first-order valence-electron chi connectivity index (χ1n) is 19.3. The van der Waals surface area contributed by atoms with Gasteiger partial charge in [0.05, 0.1) is 6.10 Å². The summed E-state index contributed by atoms with van der Waals surface area (Å²) in [4.78, 5) is 23.9. The number of aliphatic hydroxyl groups is 2. The molecule has 0 aromatic carbocycles. The van der Waals surface area contributed by atoms with Crippen LogP contribution >= 0.6 is 0 Å². The molecule has 0 bridgehead atoms. The summed E-state index contributed by atoms with van der Waals surface area (Å²) in [5.74, 6) is -0.649. The van der Waals surface area contributed by atoms with Crippen LogP contribution in [0.2, 0.25) is 0 Å². The first-order valence-corrected chi connectivity index (χ1v) is 19.3. The lowest BCUT2D eigenvalue weighted by Crippen LogP contribution is -2.25. The maximum Gasteiger partial charge on any atom is 0.305 e. The van der Waals surface area contributed by atoms with E-state index in [2.05, 4.69) is 50.3 Å². The summed E-state index contributed by atoms with van der Waals surface area (Å²) in [5.41, 5.74) is 0. The number of unbranched alkanes of at least 4 members (excludes halogenated alkanes) is 16. The second kappa shape index (κ2) is 36.7. The lowest BCUT2D eigenvalue weighted by molar-refractivity contribution is -0.152. The Morgan fingerprint density at radius 3 is 1.40 bits per heavy atom. The van der Waals surface area contributed by atoms with Gasteiger partial charge in [0.2, 0.25) is 0 Å². The highest BCUT2D eigenvalue weighted by atomic mass is 16.6. The van der Waals surface area contributed by atoms with Gasteiger partial charge < -0.3 is 19.7 Å². The van der Waals surface area contributed by atoms with Crippen molar-refractivity contribution in [1.29, 1.82) is 0 Å². The molecular formula is C41H72O6. The number of hydrogen-bond donors (Lipinski definition) is 2. The van der Waals surface area contributed by atoms with Crippen molar-refractivity contribution in [3.05, 3.63) is 48.6 Å². The van der Waals surface area contributed by atoms with Gasteiger partial charge in [0.1, 0.15) is 19.3 Å². The molecule has 6 nitrogen and oxygen atoms in total. The van der Waals surface area contributed by atoms with Gasteiger partial charge in [-0.1, -0.05) is 165 Å². The van der Waals surface area contributed by atoms with E-state index in [0.29, 0.717) is 19.3 Å². The van der Waals surface area contributed by atoms with E-state index in [-0.39, 0.29) is 31.3 Å². The van der Waals surface area contributed by atoms with Crippen molar-refractivity contribution in [2.75, 3.05) is 13.2 Å². The van der Waals surface area contributed by atoms with Gasteiger partial charge in [-0.15, -0.1) is 0 Å². The highest BCUT2D eigenvalue weighted by Gasteiger charge is 2.12. The minimum absolute atomic E-state index is 0.142.